The first-order chi connectivity index (χ1) is 8.81. The Morgan fingerprint density at radius 1 is 1.33 bits per heavy atom. The van der Waals surface area contributed by atoms with E-state index in [9.17, 15) is 0 Å². The fourth-order valence-corrected chi connectivity index (χ4v) is 2.19. The lowest BCUT2D eigenvalue weighted by Gasteiger charge is -2.01. The number of aromatic amines is 1. The van der Waals surface area contributed by atoms with Crippen molar-refractivity contribution in [1.82, 2.24) is 29.9 Å². The maximum absolute atomic E-state index is 5.90. The van der Waals surface area contributed by atoms with Crippen LogP contribution in [0.5, 0.6) is 0 Å². The number of rotatable bonds is 2. The van der Waals surface area contributed by atoms with Crippen LogP contribution in [-0.2, 0) is 0 Å². The molecule has 0 aromatic carbocycles. The van der Waals surface area contributed by atoms with E-state index >= 15 is 0 Å². The summed E-state index contributed by atoms with van der Waals surface area (Å²) in [5.74, 6) is 1.27. The first-order valence-corrected chi connectivity index (χ1v) is 6.11. The van der Waals surface area contributed by atoms with Crippen LogP contribution < -0.4 is 0 Å². The average molecular weight is 261 g/mol. The summed E-state index contributed by atoms with van der Waals surface area (Å²) in [5, 5.41) is 12.3. The van der Waals surface area contributed by atoms with Crippen molar-refractivity contribution in [3.8, 4) is 5.82 Å². The Hall–Kier alpha value is -1.95. The molecule has 7 heteroatoms. The second-order valence-electron chi connectivity index (χ2n) is 4.41. The van der Waals surface area contributed by atoms with E-state index in [1.165, 1.54) is 12.8 Å². The molecule has 0 unspecified atom stereocenters. The van der Waals surface area contributed by atoms with E-state index < -0.39 is 0 Å². The van der Waals surface area contributed by atoms with E-state index in [1.807, 2.05) is 12.3 Å². The van der Waals surface area contributed by atoms with Crippen LogP contribution in [0.25, 0.3) is 16.9 Å². The summed E-state index contributed by atoms with van der Waals surface area (Å²) < 4.78 is 1.74. The smallest absolute Gasteiger partial charge is 0.226 e. The summed E-state index contributed by atoms with van der Waals surface area (Å²) in [5.41, 5.74) is 1.73. The summed E-state index contributed by atoms with van der Waals surface area (Å²) in [4.78, 5) is 8.30. The molecule has 0 bridgehead atoms. The second-order valence-corrected chi connectivity index (χ2v) is 4.75. The van der Waals surface area contributed by atoms with Gasteiger partial charge in [-0.05, 0) is 30.5 Å². The van der Waals surface area contributed by atoms with Crippen LogP contribution in [-0.4, -0.2) is 29.9 Å². The maximum atomic E-state index is 5.90. The summed E-state index contributed by atoms with van der Waals surface area (Å²) in [6.07, 6.45) is 6.03. The van der Waals surface area contributed by atoms with Crippen LogP contribution in [0.1, 0.15) is 24.5 Å². The lowest BCUT2D eigenvalue weighted by atomic mass is 10.3. The summed E-state index contributed by atoms with van der Waals surface area (Å²) >= 11 is 5.90. The summed E-state index contributed by atoms with van der Waals surface area (Å²) in [6.45, 7) is 0. The van der Waals surface area contributed by atoms with Crippen LogP contribution in [0.15, 0.2) is 18.5 Å². The molecule has 1 N–H and O–H groups in total. The number of aromatic nitrogens is 6. The first-order valence-electron chi connectivity index (χ1n) is 5.74. The van der Waals surface area contributed by atoms with Gasteiger partial charge in [0.25, 0.3) is 0 Å². The monoisotopic (exact) mass is 260 g/mol. The van der Waals surface area contributed by atoms with Gasteiger partial charge in [0.15, 0.2) is 11.5 Å². The second kappa shape index (κ2) is 3.52. The number of halogens is 1. The number of nitrogens with one attached hydrogen (secondary N) is 1. The molecule has 18 heavy (non-hydrogen) atoms. The fourth-order valence-electron chi connectivity index (χ4n) is 2.02. The zero-order valence-electron chi connectivity index (χ0n) is 9.34. The molecule has 0 spiro atoms. The molecule has 90 valence electrons. The molecule has 6 nitrogen and oxygen atoms in total. The Balaban J connectivity index is 1.91. The Morgan fingerprint density at radius 2 is 2.22 bits per heavy atom. The van der Waals surface area contributed by atoms with E-state index in [4.69, 9.17) is 11.6 Å². The molecule has 0 saturated heterocycles. The Morgan fingerprint density at radius 3 is 3.06 bits per heavy atom. The van der Waals surface area contributed by atoms with E-state index in [-0.39, 0.29) is 5.28 Å². The van der Waals surface area contributed by atoms with Crippen LogP contribution in [0.3, 0.4) is 0 Å². The molecule has 0 radical (unpaired) electrons. The Bertz CT molecular complexity index is 726. The number of hydrogen-bond donors (Lipinski definition) is 1. The minimum absolute atomic E-state index is 0.185. The third kappa shape index (κ3) is 1.49. The van der Waals surface area contributed by atoms with Crippen molar-refractivity contribution in [1.29, 1.82) is 0 Å². The fraction of sp³-hybridized carbons (Fsp3) is 0.273. The van der Waals surface area contributed by atoms with Crippen LogP contribution in [0.4, 0.5) is 0 Å². The van der Waals surface area contributed by atoms with Gasteiger partial charge in [-0.2, -0.15) is 20.2 Å². The van der Waals surface area contributed by atoms with Crippen molar-refractivity contribution in [2.75, 3.05) is 0 Å². The lowest BCUT2D eigenvalue weighted by molar-refractivity contribution is 0.816. The zero-order valence-corrected chi connectivity index (χ0v) is 10.1. The van der Waals surface area contributed by atoms with Crippen molar-refractivity contribution < 1.29 is 0 Å². The summed E-state index contributed by atoms with van der Waals surface area (Å²) in [6, 6.07) is 2.03. The quantitative estimate of drug-likeness (QED) is 0.716. The molecule has 3 heterocycles. The number of H-pyrrole nitrogens is 1. The standard InChI is InChI=1S/C11H9ClN6/c12-11-14-9-7(5-13-16-9)10(15-11)18-4-3-8(17-18)6-1-2-6/h3-6H,1-2H2,(H,13,14,15,16). The van der Waals surface area contributed by atoms with Gasteiger partial charge in [-0.25, -0.2) is 4.68 Å². The third-order valence-corrected chi connectivity index (χ3v) is 3.25. The number of hydrogen-bond acceptors (Lipinski definition) is 4. The molecule has 0 amide bonds. The van der Waals surface area contributed by atoms with Gasteiger partial charge >= 0.3 is 0 Å². The number of fused-ring (bicyclic) bond motifs is 1. The zero-order chi connectivity index (χ0) is 12.1. The SMILES string of the molecule is Clc1nc(-n2ccc(C3CC3)n2)c2cn[nH]c2n1. The van der Waals surface area contributed by atoms with E-state index in [0.29, 0.717) is 17.4 Å². The van der Waals surface area contributed by atoms with Gasteiger partial charge in [0.1, 0.15) is 0 Å². The minimum Gasteiger partial charge on any atom is -0.261 e. The van der Waals surface area contributed by atoms with Gasteiger partial charge in [-0.3, -0.25) is 5.10 Å². The van der Waals surface area contributed by atoms with Gasteiger partial charge in [0.05, 0.1) is 17.3 Å². The average Bonchev–Trinajstić information content (AvgIpc) is 2.91. The van der Waals surface area contributed by atoms with Crippen molar-refractivity contribution in [2.45, 2.75) is 18.8 Å². The highest BCUT2D eigenvalue weighted by Crippen LogP contribution is 2.39. The number of nitrogens with zero attached hydrogens (tertiary/aromatic N) is 5. The van der Waals surface area contributed by atoms with Crippen molar-refractivity contribution in [3.63, 3.8) is 0 Å². The molecule has 1 saturated carbocycles. The van der Waals surface area contributed by atoms with Gasteiger partial charge < -0.3 is 0 Å². The van der Waals surface area contributed by atoms with Gasteiger partial charge in [-0.15, -0.1) is 0 Å². The van der Waals surface area contributed by atoms with Gasteiger partial charge in [0, 0.05) is 12.1 Å². The molecule has 1 fully saturated rings. The predicted octanol–water partition coefficient (Wildman–Crippen LogP) is 2.07. The van der Waals surface area contributed by atoms with Crippen molar-refractivity contribution >= 4 is 22.6 Å². The van der Waals surface area contributed by atoms with Crippen LogP contribution in [0.2, 0.25) is 5.28 Å². The van der Waals surface area contributed by atoms with Crippen molar-refractivity contribution in [2.24, 2.45) is 0 Å². The van der Waals surface area contributed by atoms with Crippen LogP contribution in [0, 0.1) is 0 Å². The van der Waals surface area contributed by atoms with Gasteiger partial charge in [0.2, 0.25) is 5.28 Å². The highest BCUT2D eigenvalue weighted by molar-refractivity contribution is 6.28. The largest absolute Gasteiger partial charge is 0.261 e. The van der Waals surface area contributed by atoms with Crippen LogP contribution >= 0.6 is 11.6 Å². The minimum atomic E-state index is 0.185. The summed E-state index contributed by atoms with van der Waals surface area (Å²) in [7, 11) is 0. The molecule has 4 rings (SSSR count). The molecular formula is C11H9ClN6. The van der Waals surface area contributed by atoms with E-state index in [2.05, 4.69) is 25.3 Å². The molecule has 3 aromatic heterocycles. The highest BCUT2D eigenvalue weighted by Gasteiger charge is 2.26. The molecule has 3 aromatic rings. The maximum Gasteiger partial charge on any atom is 0.226 e. The lowest BCUT2D eigenvalue weighted by Crippen LogP contribution is -2.01. The molecular weight excluding hydrogens is 252 g/mol. The van der Waals surface area contributed by atoms with Gasteiger partial charge in [-0.1, -0.05) is 0 Å². The van der Waals surface area contributed by atoms with E-state index in [0.717, 1.165) is 11.1 Å². The first kappa shape index (κ1) is 10.0. The highest BCUT2D eigenvalue weighted by atomic mass is 35.5. The molecule has 0 aliphatic heterocycles. The topological polar surface area (TPSA) is 72.3 Å². The molecule has 0 atom stereocenters. The molecule has 1 aliphatic rings. The Labute approximate surface area is 107 Å². The predicted molar refractivity (Wildman–Crippen MR) is 65.8 cm³/mol. The Kier molecular flexibility index (Phi) is 1.96. The van der Waals surface area contributed by atoms with E-state index in [1.54, 1.807) is 10.9 Å². The normalized spacial score (nSPS) is 15.4. The third-order valence-electron chi connectivity index (χ3n) is 3.08. The molecule has 1 aliphatic carbocycles. The van der Waals surface area contributed by atoms with Crippen molar-refractivity contribution in [3.05, 3.63) is 29.4 Å².